The molecule has 0 bridgehead atoms. The highest BCUT2D eigenvalue weighted by atomic mass is 16.3. The van der Waals surface area contributed by atoms with Gasteiger partial charge in [0.05, 0.1) is 0 Å². The summed E-state index contributed by atoms with van der Waals surface area (Å²) >= 11 is 0. The summed E-state index contributed by atoms with van der Waals surface area (Å²) in [5.74, 6) is 0. The molecule has 9 aromatic rings. The van der Waals surface area contributed by atoms with Gasteiger partial charge in [-0.15, -0.1) is 0 Å². The number of benzene rings is 8. The summed E-state index contributed by atoms with van der Waals surface area (Å²) in [7, 11) is 0. The maximum atomic E-state index is 6.34. The van der Waals surface area contributed by atoms with Gasteiger partial charge in [0.2, 0.25) is 0 Å². The molecule has 0 fully saturated rings. The van der Waals surface area contributed by atoms with Gasteiger partial charge in [-0.2, -0.15) is 0 Å². The highest BCUT2D eigenvalue weighted by Gasteiger charge is 2.19. The Labute approximate surface area is 261 Å². The third kappa shape index (κ3) is 4.09. The van der Waals surface area contributed by atoms with E-state index in [9.17, 15) is 0 Å². The number of hydrogen-bond donors (Lipinski definition) is 0. The summed E-state index contributed by atoms with van der Waals surface area (Å²) in [6.07, 6.45) is 0. The average molecular weight is 573 g/mol. The molecule has 0 aliphatic rings. The smallest absolute Gasteiger partial charge is 0.136 e. The van der Waals surface area contributed by atoms with Gasteiger partial charge in [-0.1, -0.05) is 158 Å². The Bertz CT molecular complexity index is 2450. The third-order valence-electron chi connectivity index (χ3n) is 9.08. The molecular formula is C44H28O. The first-order chi connectivity index (χ1) is 22.3. The summed E-state index contributed by atoms with van der Waals surface area (Å²) in [6, 6.07) is 60.9. The Morgan fingerprint density at radius 1 is 0.267 bits per heavy atom. The number of fused-ring (bicyclic) bond motifs is 5. The van der Waals surface area contributed by atoms with Crippen LogP contribution in [-0.2, 0) is 0 Å². The molecule has 45 heavy (non-hydrogen) atoms. The summed E-state index contributed by atoms with van der Waals surface area (Å²) in [5, 5.41) is 7.34. The van der Waals surface area contributed by atoms with Gasteiger partial charge in [-0.3, -0.25) is 0 Å². The molecule has 1 aromatic heterocycles. The molecule has 1 heterocycles. The molecule has 1 heteroatoms. The molecule has 0 N–H and O–H groups in total. The molecule has 1 nitrogen and oxygen atoms in total. The van der Waals surface area contributed by atoms with Crippen LogP contribution < -0.4 is 0 Å². The van der Waals surface area contributed by atoms with Crippen LogP contribution >= 0.6 is 0 Å². The van der Waals surface area contributed by atoms with E-state index < -0.39 is 0 Å². The predicted octanol–water partition coefficient (Wildman–Crippen LogP) is 12.6. The molecule has 0 saturated heterocycles. The number of rotatable bonds is 4. The van der Waals surface area contributed by atoms with Crippen molar-refractivity contribution < 1.29 is 4.42 Å². The Hall–Kier alpha value is -5.92. The lowest BCUT2D eigenvalue weighted by Crippen LogP contribution is -1.91. The van der Waals surface area contributed by atoms with Crippen molar-refractivity contribution >= 4 is 43.5 Å². The average Bonchev–Trinajstić information content (AvgIpc) is 3.50. The van der Waals surface area contributed by atoms with Gasteiger partial charge in [0.15, 0.2) is 0 Å². The van der Waals surface area contributed by atoms with Crippen molar-refractivity contribution in [2.45, 2.75) is 0 Å². The van der Waals surface area contributed by atoms with Crippen LogP contribution in [0.3, 0.4) is 0 Å². The first kappa shape index (κ1) is 25.6. The molecule has 0 saturated carbocycles. The van der Waals surface area contributed by atoms with Gasteiger partial charge >= 0.3 is 0 Å². The molecule has 0 aliphatic carbocycles. The fourth-order valence-electron chi connectivity index (χ4n) is 7.13. The second-order valence-corrected chi connectivity index (χ2v) is 11.6. The quantitative estimate of drug-likeness (QED) is 0.191. The topological polar surface area (TPSA) is 13.1 Å². The summed E-state index contributed by atoms with van der Waals surface area (Å²) in [4.78, 5) is 0. The first-order valence-corrected chi connectivity index (χ1v) is 15.4. The van der Waals surface area contributed by atoms with Gasteiger partial charge in [-0.25, -0.2) is 0 Å². The molecule has 0 radical (unpaired) electrons. The number of hydrogen-bond acceptors (Lipinski definition) is 1. The van der Waals surface area contributed by atoms with Gasteiger partial charge in [0.25, 0.3) is 0 Å². The lowest BCUT2D eigenvalue weighted by Gasteiger charge is -2.18. The molecule has 0 unspecified atom stereocenters. The van der Waals surface area contributed by atoms with Gasteiger partial charge in [0.1, 0.15) is 11.2 Å². The van der Waals surface area contributed by atoms with E-state index in [4.69, 9.17) is 4.42 Å². The van der Waals surface area contributed by atoms with Crippen LogP contribution in [-0.4, -0.2) is 0 Å². The molecular weight excluding hydrogens is 544 g/mol. The third-order valence-corrected chi connectivity index (χ3v) is 9.08. The van der Waals surface area contributed by atoms with E-state index in [1.54, 1.807) is 0 Å². The van der Waals surface area contributed by atoms with E-state index in [1.165, 1.54) is 66.1 Å². The fourth-order valence-corrected chi connectivity index (χ4v) is 7.13. The van der Waals surface area contributed by atoms with Crippen LogP contribution in [0.2, 0.25) is 0 Å². The Kier molecular flexibility index (Phi) is 5.89. The van der Waals surface area contributed by atoms with Crippen LogP contribution in [0.5, 0.6) is 0 Å². The summed E-state index contributed by atoms with van der Waals surface area (Å²) in [5.41, 5.74) is 11.6. The maximum absolute atomic E-state index is 6.34. The summed E-state index contributed by atoms with van der Waals surface area (Å²) < 4.78 is 6.34. The minimum atomic E-state index is 0.906. The zero-order valence-corrected chi connectivity index (χ0v) is 24.6. The van der Waals surface area contributed by atoms with E-state index in [1.807, 2.05) is 6.07 Å². The first-order valence-electron chi connectivity index (χ1n) is 15.4. The van der Waals surface area contributed by atoms with Crippen molar-refractivity contribution in [3.05, 3.63) is 170 Å². The van der Waals surface area contributed by atoms with Gasteiger partial charge in [-0.05, 0) is 72.6 Å². The molecule has 9 rings (SSSR count). The fraction of sp³-hybridized carbons (Fsp3) is 0. The van der Waals surface area contributed by atoms with Crippen molar-refractivity contribution in [2.24, 2.45) is 0 Å². The Morgan fingerprint density at radius 2 is 0.689 bits per heavy atom. The van der Waals surface area contributed by atoms with E-state index in [2.05, 4.69) is 164 Å². The molecule has 0 spiro atoms. The van der Waals surface area contributed by atoms with Gasteiger partial charge in [0, 0.05) is 16.3 Å². The highest BCUT2D eigenvalue weighted by molar-refractivity contribution is 6.21. The van der Waals surface area contributed by atoms with Crippen molar-refractivity contribution in [3.8, 4) is 44.5 Å². The van der Waals surface area contributed by atoms with Crippen LogP contribution in [0.4, 0.5) is 0 Å². The molecule has 8 aromatic carbocycles. The van der Waals surface area contributed by atoms with Crippen molar-refractivity contribution in [3.63, 3.8) is 0 Å². The Balaban J connectivity index is 1.30. The van der Waals surface area contributed by atoms with Crippen LogP contribution in [0.25, 0.3) is 88.0 Å². The normalized spacial score (nSPS) is 11.6. The van der Waals surface area contributed by atoms with Crippen LogP contribution in [0.15, 0.2) is 174 Å². The lowest BCUT2D eigenvalue weighted by atomic mass is 9.85. The second kappa shape index (κ2) is 10.4. The van der Waals surface area contributed by atoms with Crippen molar-refractivity contribution in [1.29, 1.82) is 0 Å². The molecule has 0 amide bonds. The molecule has 0 aliphatic heterocycles. The lowest BCUT2D eigenvalue weighted by molar-refractivity contribution is 0.669. The maximum Gasteiger partial charge on any atom is 0.136 e. The SMILES string of the molecule is c1ccc(-c2ccc3oc4ccccc4c3c2-c2ccc(-c3c4ccccc4c(-c4ccccc4)c4ccccc34)cc2)cc1. The molecule has 210 valence electrons. The zero-order valence-electron chi connectivity index (χ0n) is 24.6. The van der Waals surface area contributed by atoms with Crippen LogP contribution in [0, 0.1) is 0 Å². The minimum Gasteiger partial charge on any atom is -0.456 e. The minimum absolute atomic E-state index is 0.906. The standard InChI is InChI=1S/C44H28O/c1-3-13-29(14-4-1)33-27-28-40-44(38-21-11-12-22-39(38)45-40)43(33)32-25-23-31(24-26-32)42-36-19-9-7-17-34(36)41(30-15-5-2-6-16-30)35-18-8-10-20-37(35)42/h1-28H. The second-order valence-electron chi connectivity index (χ2n) is 11.6. The number of para-hydroxylation sites is 1. The van der Waals surface area contributed by atoms with E-state index in [0.717, 1.165) is 21.9 Å². The van der Waals surface area contributed by atoms with E-state index in [0.29, 0.717) is 0 Å². The van der Waals surface area contributed by atoms with E-state index in [-0.39, 0.29) is 0 Å². The van der Waals surface area contributed by atoms with Crippen molar-refractivity contribution in [2.75, 3.05) is 0 Å². The zero-order chi connectivity index (χ0) is 29.7. The monoisotopic (exact) mass is 572 g/mol. The highest BCUT2D eigenvalue weighted by Crippen LogP contribution is 2.46. The number of furan rings is 1. The van der Waals surface area contributed by atoms with Crippen molar-refractivity contribution in [1.82, 2.24) is 0 Å². The predicted molar refractivity (Wildman–Crippen MR) is 190 cm³/mol. The Morgan fingerprint density at radius 3 is 1.24 bits per heavy atom. The largest absolute Gasteiger partial charge is 0.456 e. The van der Waals surface area contributed by atoms with Gasteiger partial charge < -0.3 is 4.42 Å². The molecule has 0 atom stereocenters. The van der Waals surface area contributed by atoms with Crippen LogP contribution in [0.1, 0.15) is 0 Å². The summed E-state index contributed by atoms with van der Waals surface area (Å²) in [6.45, 7) is 0. The van der Waals surface area contributed by atoms with E-state index >= 15 is 0 Å².